The molecular weight excluding hydrogens is 421 g/mol. The van der Waals surface area contributed by atoms with Crippen molar-refractivity contribution in [2.45, 2.75) is 19.8 Å². The van der Waals surface area contributed by atoms with Gasteiger partial charge >= 0.3 is 0 Å². The number of hydrazone groups is 1. The number of anilines is 1. The number of amides is 1. The van der Waals surface area contributed by atoms with Crippen LogP contribution in [0, 0.1) is 6.92 Å². The molecule has 2 aromatic rings. The molecule has 8 heteroatoms. The summed E-state index contributed by atoms with van der Waals surface area (Å²) in [6, 6.07) is 9.13. The molecule has 0 aliphatic carbocycles. The van der Waals surface area contributed by atoms with Gasteiger partial charge in [-0.1, -0.05) is 40.9 Å². The lowest BCUT2D eigenvalue weighted by Crippen LogP contribution is -2.24. The molecule has 5 nitrogen and oxygen atoms in total. The van der Waals surface area contributed by atoms with Gasteiger partial charge in [0.1, 0.15) is 10.8 Å². The fourth-order valence-corrected chi connectivity index (χ4v) is 3.70. The van der Waals surface area contributed by atoms with Crippen LogP contribution in [0.4, 0.5) is 5.69 Å². The highest BCUT2D eigenvalue weighted by Crippen LogP contribution is 2.35. The summed E-state index contributed by atoms with van der Waals surface area (Å²) < 4.78 is 5.36. The first-order valence-electron chi connectivity index (χ1n) is 8.89. The molecule has 1 saturated heterocycles. The number of ether oxygens (including phenoxy) is 1. The van der Waals surface area contributed by atoms with E-state index in [4.69, 9.17) is 39.5 Å². The molecule has 0 saturated carbocycles. The van der Waals surface area contributed by atoms with E-state index in [1.165, 1.54) is 36.2 Å². The molecule has 0 spiro atoms. The van der Waals surface area contributed by atoms with Gasteiger partial charge in [0, 0.05) is 29.9 Å². The number of halogens is 3. The molecule has 28 heavy (non-hydrogen) atoms. The summed E-state index contributed by atoms with van der Waals surface area (Å²) in [6.07, 6.45) is 4.08. The van der Waals surface area contributed by atoms with E-state index in [0.717, 1.165) is 18.7 Å². The van der Waals surface area contributed by atoms with Crippen molar-refractivity contribution in [3.05, 3.63) is 56.5 Å². The average molecular weight is 441 g/mol. The van der Waals surface area contributed by atoms with Crippen molar-refractivity contribution in [2.24, 2.45) is 5.10 Å². The Morgan fingerprint density at radius 2 is 1.96 bits per heavy atom. The van der Waals surface area contributed by atoms with Crippen molar-refractivity contribution < 1.29 is 9.53 Å². The Morgan fingerprint density at radius 1 is 1.21 bits per heavy atom. The molecular formula is C20H20Cl3N3O2. The van der Waals surface area contributed by atoms with Gasteiger partial charge in [0.05, 0.1) is 11.2 Å². The molecule has 0 bridgehead atoms. The van der Waals surface area contributed by atoms with Crippen LogP contribution in [0.2, 0.25) is 15.1 Å². The van der Waals surface area contributed by atoms with Crippen molar-refractivity contribution in [3.63, 3.8) is 0 Å². The minimum Gasteiger partial charge on any atom is -0.482 e. The standard InChI is InChI=1S/C20H20Cl3N3O2/c1-13-8-14(4-5-17(13)26-6-2-3-7-26)11-24-25-19(27)12-28-18-10-15(21)9-16(22)20(18)23/h4-5,8-11H,2-3,6-7,12H2,1H3,(H,25,27)/b24-11+. The summed E-state index contributed by atoms with van der Waals surface area (Å²) in [6.45, 7) is 4.02. The summed E-state index contributed by atoms with van der Waals surface area (Å²) in [5, 5.41) is 4.81. The van der Waals surface area contributed by atoms with Gasteiger partial charge < -0.3 is 9.64 Å². The summed E-state index contributed by atoms with van der Waals surface area (Å²) in [5.74, 6) is -0.180. The number of carbonyl (C=O) groups excluding carboxylic acids is 1. The summed E-state index contributed by atoms with van der Waals surface area (Å²) in [4.78, 5) is 14.3. The second kappa shape index (κ2) is 9.50. The summed E-state index contributed by atoms with van der Waals surface area (Å²) in [5.41, 5.74) is 5.78. The van der Waals surface area contributed by atoms with E-state index in [0.29, 0.717) is 5.02 Å². The molecule has 0 atom stereocenters. The molecule has 1 aliphatic rings. The van der Waals surface area contributed by atoms with Gasteiger partial charge in [-0.25, -0.2) is 5.43 Å². The fraction of sp³-hybridized carbons (Fsp3) is 0.300. The van der Waals surface area contributed by atoms with Gasteiger partial charge in [0.2, 0.25) is 0 Å². The largest absolute Gasteiger partial charge is 0.482 e. The highest BCUT2D eigenvalue weighted by molar-refractivity contribution is 6.44. The number of nitrogens with one attached hydrogen (secondary N) is 1. The van der Waals surface area contributed by atoms with Crippen LogP contribution in [0.1, 0.15) is 24.0 Å². The van der Waals surface area contributed by atoms with Gasteiger partial charge in [0.25, 0.3) is 5.91 Å². The normalized spacial score (nSPS) is 13.9. The first-order chi connectivity index (χ1) is 13.4. The third-order valence-corrected chi connectivity index (χ3v) is 5.39. The van der Waals surface area contributed by atoms with Crippen LogP contribution in [-0.2, 0) is 4.79 Å². The van der Waals surface area contributed by atoms with Crippen molar-refractivity contribution in [2.75, 3.05) is 24.6 Å². The fourth-order valence-electron chi connectivity index (χ4n) is 3.06. The molecule has 1 heterocycles. The van der Waals surface area contributed by atoms with Gasteiger partial charge in [-0.2, -0.15) is 5.10 Å². The number of hydrogen-bond acceptors (Lipinski definition) is 4. The van der Waals surface area contributed by atoms with Gasteiger partial charge in [-0.05, 0) is 49.1 Å². The highest BCUT2D eigenvalue weighted by Gasteiger charge is 2.14. The van der Waals surface area contributed by atoms with Crippen LogP contribution in [-0.4, -0.2) is 31.8 Å². The van der Waals surface area contributed by atoms with Crippen molar-refractivity contribution in [1.82, 2.24) is 5.43 Å². The predicted octanol–water partition coefficient (Wildman–Crippen LogP) is 5.08. The molecule has 0 aromatic heterocycles. The van der Waals surface area contributed by atoms with Crippen LogP contribution >= 0.6 is 34.8 Å². The van der Waals surface area contributed by atoms with Gasteiger partial charge in [-0.15, -0.1) is 0 Å². The Bertz CT molecular complexity index is 897. The second-order valence-electron chi connectivity index (χ2n) is 6.52. The number of benzene rings is 2. The molecule has 3 rings (SSSR count). The number of rotatable bonds is 6. The van der Waals surface area contributed by atoms with E-state index in [1.807, 2.05) is 12.1 Å². The molecule has 1 fully saturated rings. The molecule has 1 aliphatic heterocycles. The van der Waals surface area contributed by atoms with Crippen LogP contribution in [0.5, 0.6) is 5.75 Å². The smallest absolute Gasteiger partial charge is 0.277 e. The zero-order chi connectivity index (χ0) is 20.1. The zero-order valence-corrected chi connectivity index (χ0v) is 17.6. The third kappa shape index (κ3) is 5.31. The molecule has 1 amide bonds. The van der Waals surface area contributed by atoms with E-state index in [9.17, 15) is 4.79 Å². The number of hydrogen-bond donors (Lipinski definition) is 1. The monoisotopic (exact) mass is 439 g/mol. The van der Waals surface area contributed by atoms with Crippen LogP contribution in [0.25, 0.3) is 0 Å². The van der Waals surface area contributed by atoms with Crippen LogP contribution < -0.4 is 15.1 Å². The highest BCUT2D eigenvalue weighted by atomic mass is 35.5. The van der Waals surface area contributed by atoms with Crippen molar-refractivity contribution in [3.8, 4) is 5.75 Å². The lowest BCUT2D eigenvalue weighted by molar-refractivity contribution is -0.123. The predicted molar refractivity (Wildman–Crippen MR) is 115 cm³/mol. The van der Waals surface area contributed by atoms with Crippen LogP contribution in [0.3, 0.4) is 0 Å². The first kappa shape index (κ1) is 20.8. The van der Waals surface area contributed by atoms with Gasteiger partial charge in [0.15, 0.2) is 6.61 Å². The number of aryl methyl sites for hydroxylation is 1. The molecule has 2 aromatic carbocycles. The van der Waals surface area contributed by atoms with E-state index < -0.39 is 5.91 Å². The maximum absolute atomic E-state index is 11.9. The first-order valence-corrected chi connectivity index (χ1v) is 10.0. The lowest BCUT2D eigenvalue weighted by Gasteiger charge is -2.20. The number of nitrogens with zero attached hydrogens (tertiary/aromatic N) is 2. The Morgan fingerprint density at radius 3 is 2.68 bits per heavy atom. The van der Waals surface area contributed by atoms with Crippen LogP contribution in [0.15, 0.2) is 35.4 Å². The quantitative estimate of drug-likeness (QED) is 0.387. The summed E-state index contributed by atoms with van der Waals surface area (Å²) >= 11 is 17.9. The Kier molecular flexibility index (Phi) is 7.05. The maximum Gasteiger partial charge on any atom is 0.277 e. The average Bonchev–Trinajstić information content (AvgIpc) is 3.18. The SMILES string of the molecule is Cc1cc(/C=N/NC(=O)COc2cc(Cl)cc(Cl)c2Cl)ccc1N1CCCC1. The zero-order valence-electron chi connectivity index (χ0n) is 15.3. The van der Waals surface area contributed by atoms with Crippen molar-refractivity contribution in [1.29, 1.82) is 0 Å². The lowest BCUT2D eigenvalue weighted by atomic mass is 10.1. The third-order valence-electron chi connectivity index (χ3n) is 4.39. The Labute approximate surface area is 179 Å². The van der Waals surface area contributed by atoms with E-state index >= 15 is 0 Å². The van der Waals surface area contributed by atoms with Gasteiger partial charge in [-0.3, -0.25) is 4.79 Å². The maximum atomic E-state index is 11.9. The second-order valence-corrected chi connectivity index (χ2v) is 7.74. The topological polar surface area (TPSA) is 53.9 Å². The molecule has 1 N–H and O–H groups in total. The van der Waals surface area contributed by atoms with Crippen molar-refractivity contribution >= 4 is 52.6 Å². The summed E-state index contributed by atoms with van der Waals surface area (Å²) in [7, 11) is 0. The Hall–Kier alpha value is -1.95. The van der Waals surface area contributed by atoms with E-state index in [-0.39, 0.29) is 22.4 Å². The van der Waals surface area contributed by atoms with E-state index in [2.05, 4.69) is 28.4 Å². The number of carbonyl (C=O) groups is 1. The molecule has 0 unspecified atom stereocenters. The van der Waals surface area contributed by atoms with E-state index in [1.54, 1.807) is 6.21 Å². The minimum atomic E-state index is -0.422. The Balaban J connectivity index is 1.53. The molecule has 0 radical (unpaired) electrons. The molecule has 148 valence electrons. The minimum absolute atomic E-state index is 0.205.